The van der Waals surface area contributed by atoms with Gasteiger partial charge in [-0.05, 0) is 57.0 Å². The van der Waals surface area contributed by atoms with Crippen LogP contribution in [0.25, 0.3) is 10.9 Å². The zero-order chi connectivity index (χ0) is 24.6. The van der Waals surface area contributed by atoms with Crippen molar-refractivity contribution < 1.29 is 41.9 Å². The van der Waals surface area contributed by atoms with E-state index in [9.17, 15) is 18.3 Å². The number of benzene rings is 2. The molecule has 0 bridgehead atoms. The molecule has 3 rings (SSSR count). The molecule has 0 aliphatic carbocycles. The first-order valence-electron chi connectivity index (χ1n) is 10.1. The molecule has 0 fully saturated rings. The number of carbonyl (C=O) groups is 1. The van der Waals surface area contributed by atoms with Crippen LogP contribution in [-0.2, 0) is 21.4 Å². The standard InChI is InChI=1S/C23H24Cl2N2O5S.Li/c1-5-23(4,22(28)29)27-33(30,31)19-10-9-17(24)16(20(19)25)12-32-18-8-6-7-15-13(2)11-14(3)26-21(15)18;/h6-11,27H,5,12H2,1-4H3,(H,28,29);/q;+1/p-1/t23-;/m1./s1. The Hall–Kier alpha value is -1.79. The van der Waals surface area contributed by atoms with Crippen LogP contribution in [0.3, 0.4) is 0 Å². The number of carboxylic acids is 1. The Morgan fingerprint density at radius 2 is 1.88 bits per heavy atom. The van der Waals surface area contributed by atoms with Crippen molar-refractivity contribution in [2.45, 2.75) is 51.2 Å². The zero-order valence-electron chi connectivity index (χ0n) is 19.5. The van der Waals surface area contributed by atoms with Crippen molar-refractivity contribution in [2.75, 3.05) is 0 Å². The molecule has 0 aliphatic heterocycles. The van der Waals surface area contributed by atoms with Gasteiger partial charge >= 0.3 is 18.9 Å². The third-order valence-electron chi connectivity index (χ3n) is 5.47. The maximum Gasteiger partial charge on any atom is 1.00 e. The normalized spacial score (nSPS) is 13.2. The zero-order valence-corrected chi connectivity index (χ0v) is 21.9. The van der Waals surface area contributed by atoms with Gasteiger partial charge in [0.15, 0.2) is 0 Å². The number of aromatic nitrogens is 1. The molecule has 1 atom stereocenters. The minimum absolute atomic E-state index is 0. The summed E-state index contributed by atoms with van der Waals surface area (Å²) in [7, 11) is -4.30. The van der Waals surface area contributed by atoms with E-state index < -0.39 is 21.5 Å². The van der Waals surface area contributed by atoms with Gasteiger partial charge in [0, 0.05) is 21.7 Å². The summed E-state index contributed by atoms with van der Waals surface area (Å²) in [5.41, 5.74) is 0.987. The number of rotatable bonds is 8. The maximum absolute atomic E-state index is 12.9. The van der Waals surface area contributed by atoms with Gasteiger partial charge in [-0.3, -0.25) is 0 Å². The second-order valence-electron chi connectivity index (χ2n) is 7.94. The molecular formula is C23H23Cl2LiN2O5S. The number of hydrogen-bond acceptors (Lipinski definition) is 6. The summed E-state index contributed by atoms with van der Waals surface area (Å²) in [6.45, 7) is 6.50. The Labute approximate surface area is 221 Å². The number of ether oxygens (including phenoxy) is 1. The predicted molar refractivity (Wildman–Crippen MR) is 126 cm³/mol. The van der Waals surface area contributed by atoms with Crippen molar-refractivity contribution in [3.05, 3.63) is 63.3 Å². The predicted octanol–water partition coefficient (Wildman–Crippen LogP) is 0.938. The molecule has 2 aromatic carbocycles. The van der Waals surface area contributed by atoms with E-state index in [-0.39, 0.29) is 52.4 Å². The van der Waals surface area contributed by atoms with Crippen LogP contribution < -0.4 is 33.4 Å². The van der Waals surface area contributed by atoms with Gasteiger partial charge in [0.05, 0.1) is 16.5 Å². The molecule has 0 saturated carbocycles. The number of nitrogens with one attached hydrogen (secondary N) is 1. The van der Waals surface area contributed by atoms with Crippen LogP contribution in [0.1, 0.15) is 37.1 Å². The third kappa shape index (κ3) is 5.71. The SMILES string of the molecule is CC[C@@](C)(NS(=O)(=O)c1ccc(Cl)c(COc2cccc3c(C)cc(C)nc23)c1Cl)C(=O)[O-].[Li+]. The quantitative estimate of drug-likeness (QED) is 0.446. The van der Waals surface area contributed by atoms with Crippen molar-refractivity contribution in [1.29, 1.82) is 0 Å². The average molecular weight is 517 g/mol. The molecule has 0 saturated heterocycles. The molecule has 1 N–H and O–H groups in total. The number of hydrogen-bond donors (Lipinski definition) is 1. The van der Waals surface area contributed by atoms with Gasteiger partial charge in [0.1, 0.15) is 22.8 Å². The first-order valence-corrected chi connectivity index (χ1v) is 12.4. The van der Waals surface area contributed by atoms with Gasteiger partial charge in [-0.15, -0.1) is 0 Å². The number of sulfonamides is 1. The second-order valence-corrected chi connectivity index (χ2v) is 10.4. The van der Waals surface area contributed by atoms with Crippen molar-refractivity contribution in [2.24, 2.45) is 0 Å². The van der Waals surface area contributed by atoms with E-state index in [1.165, 1.54) is 26.0 Å². The molecule has 0 aliphatic rings. The second kappa shape index (κ2) is 10.9. The molecule has 7 nitrogen and oxygen atoms in total. The van der Waals surface area contributed by atoms with Crippen LogP contribution in [0.5, 0.6) is 5.75 Å². The van der Waals surface area contributed by atoms with Gasteiger partial charge in [-0.2, -0.15) is 4.72 Å². The summed E-state index contributed by atoms with van der Waals surface area (Å²) in [6.07, 6.45) is -0.0251. The number of aryl methyl sites for hydroxylation is 2. The first kappa shape index (κ1) is 28.4. The largest absolute Gasteiger partial charge is 1.00 e. The van der Waals surface area contributed by atoms with Crippen molar-refractivity contribution >= 4 is 50.1 Å². The minimum Gasteiger partial charge on any atom is -0.548 e. The Morgan fingerprint density at radius 3 is 2.50 bits per heavy atom. The molecule has 0 amide bonds. The Morgan fingerprint density at radius 1 is 1.21 bits per heavy atom. The summed E-state index contributed by atoms with van der Waals surface area (Å²) >= 11 is 12.7. The van der Waals surface area contributed by atoms with Crippen LogP contribution in [0, 0.1) is 13.8 Å². The van der Waals surface area contributed by atoms with Gasteiger partial charge in [-0.25, -0.2) is 13.4 Å². The summed E-state index contributed by atoms with van der Waals surface area (Å²) in [5, 5.41) is 12.4. The fourth-order valence-corrected chi connectivity index (χ4v) is 5.67. The van der Waals surface area contributed by atoms with Gasteiger partial charge in [-0.1, -0.05) is 42.3 Å². The van der Waals surface area contributed by atoms with Crippen molar-refractivity contribution in [1.82, 2.24) is 9.71 Å². The minimum atomic E-state index is -4.30. The van der Waals surface area contributed by atoms with E-state index in [2.05, 4.69) is 9.71 Å². The number of nitrogens with zero attached hydrogens (tertiary/aromatic N) is 1. The van der Waals surface area contributed by atoms with Crippen LogP contribution in [0.15, 0.2) is 41.3 Å². The van der Waals surface area contributed by atoms with Crippen LogP contribution in [0.2, 0.25) is 10.0 Å². The van der Waals surface area contributed by atoms with Crippen LogP contribution >= 0.6 is 23.2 Å². The van der Waals surface area contributed by atoms with E-state index in [1.807, 2.05) is 32.0 Å². The molecule has 1 heterocycles. The third-order valence-corrected chi connectivity index (χ3v) is 8.00. The molecule has 0 spiro atoms. The summed E-state index contributed by atoms with van der Waals surface area (Å²) in [5.74, 6) is -1.05. The monoisotopic (exact) mass is 516 g/mol. The Bertz CT molecular complexity index is 1350. The molecule has 11 heteroatoms. The fourth-order valence-electron chi connectivity index (χ4n) is 3.35. The summed E-state index contributed by atoms with van der Waals surface area (Å²) in [4.78, 5) is 15.7. The first-order chi connectivity index (χ1) is 15.4. The molecule has 1 aromatic heterocycles. The number of aliphatic carboxylic acids is 1. The number of pyridine rings is 1. The molecule has 34 heavy (non-hydrogen) atoms. The van der Waals surface area contributed by atoms with E-state index in [0.29, 0.717) is 11.3 Å². The molecule has 0 radical (unpaired) electrons. The van der Waals surface area contributed by atoms with Crippen molar-refractivity contribution in [3.8, 4) is 5.75 Å². The van der Waals surface area contributed by atoms with E-state index in [4.69, 9.17) is 27.9 Å². The number of halogens is 2. The van der Waals surface area contributed by atoms with E-state index in [0.717, 1.165) is 16.6 Å². The average Bonchev–Trinajstić information content (AvgIpc) is 2.73. The molecule has 176 valence electrons. The van der Waals surface area contributed by atoms with E-state index >= 15 is 0 Å². The number of para-hydroxylation sites is 1. The topological polar surface area (TPSA) is 108 Å². The molecule has 0 unspecified atom stereocenters. The van der Waals surface area contributed by atoms with Gasteiger partial charge in [0.25, 0.3) is 0 Å². The number of carboxylic acid groups (broad SMARTS) is 1. The van der Waals surface area contributed by atoms with Gasteiger partial charge in [0.2, 0.25) is 10.0 Å². The Balaban J connectivity index is 0.00000408. The van der Waals surface area contributed by atoms with Crippen LogP contribution in [0.4, 0.5) is 0 Å². The van der Waals surface area contributed by atoms with Crippen LogP contribution in [-0.4, -0.2) is 24.9 Å². The summed E-state index contributed by atoms with van der Waals surface area (Å²) < 4.78 is 34.0. The molecular weight excluding hydrogens is 494 g/mol. The van der Waals surface area contributed by atoms with E-state index in [1.54, 1.807) is 6.07 Å². The smallest absolute Gasteiger partial charge is 0.548 e. The number of carbonyl (C=O) groups excluding carboxylic acids is 1. The van der Waals surface area contributed by atoms with Gasteiger partial charge < -0.3 is 14.6 Å². The molecule has 3 aromatic rings. The van der Waals surface area contributed by atoms with Crippen molar-refractivity contribution in [3.63, 3.8) is 0 Å². The maximum atomic E-state index is 12.9. The number of fused-ring (bicyclic) bond motifs is 1. The Kier molecular flexibility index (Phi) is 9.09. The summed E-state index contributed by atoms with van der Waals surface area (Å²) in [6, 6.07) is 10.1. The fraction of sp³-hybridized carbons (Fsp3) is 0.304.